The lowest BCUT2D eigenvalue weighted by Crippen LogP contribution is -2.48. The van der Waals surface area contributed by atoms with Crippen molar-refractivity contribution in [3.8, 4) is 0 Å². The number of alkyl halides is 3. The first-order valence-corrected chi connectivity index (χ1v) is 5.27. The van der Waals surface area contributed by atoms with Crippen LogP contribution in [0.3, 0.4) is 0 Å². The van der Waals surface area contributed by atoms with Crippen LogP contribution < -0.4 is 5.32 Å². The zero-order chi connectivity index (χ0) is 14.8. The molecule has 0 aliphatic rings. The fourth-order valence-corrected chi connectivity index (χ4v) is 1.61. The second kappa shape index (κ2) is 4.91. The van der Waals surface area contributed by atoms with Crippen molar-refractivity contribution < 1.29 is 27.9 Å². The van der Waals surface area contributed by atoms with Gasteiger partial charge in [-0.2, -0.15) is 13.2 Å². The van der Waals surface area contributed by atoms with E-state index in [-0.39, 0.29) is 5.56 Å². The van der Waals surface area contributed by atoms with Crippen LogP contribution in [0.15, 0.2) is 24.3 Å². The molecule has 1 amide bonds. The molecule has 7 heteroatoms. The van der Waals surface area contributed by atoms with Crippen molar-refractivity contribution in [2.24, 2.45) is 0 Å². The maximum absolute atomic E-state index is 12.6. The van der Waals surface area contributed by atoms with Crippen LogP contribution in [0.5, 0.6) is 0 Å². The van der Waals surface area contributed by atoms with Crippen LogP contribution in [-0.4, -0.2) is 17.0 Å². The molecule has 0 bridgehead atoms. The summed E-state index contributed by atoms with van der Waals surface area (Å²) in [5.74, 6) is -2.09. The Morgan fingerprint density at radius 3 is 2.16 bits per heavy atom. The van der Waals surface area contributed by atoms with E-state index in [0.717, 1.165) is 26.0 Å². The normalized spacial score (nSPS) is 14.6. The van der Waals surface area contributed by atoms with Gasteiger partial charge in [-0.1, -0.05) is 12.1 Å². The molecule has 0 saturated heterocycles. The van der Waals surface area contributed by atoms with Crippen molar-refractivity contribution in [2.75, 3.05) is 0 Å². The molecule has 1 unspecified atom stereocenters. The molecule has 0 aliphatic carbocycles. The molecule has 2 N–H and O–H groups in total. The first-order chi connectivity index (χ1) is 8.57. The smallest absolute Gasteiger partial charge is 0.416 e. The maximum atomic E-state index is 12.6. The highest BCUT2D eigenvalue weighted by Gasteiger charge is 2.38. The van der Waals surface area contributed by atoms with Gasteiger partial charge in [0.05, 0.1) is 5.56 Å². The number of carboxylic acids is 1. The molecule has 0 fully saturated rings. The molecular weight excluding hydrogens is 263 g/mol. The second-order valence-corrected chi connectivity index (χ2v) is 4.19. The van der Waals surface area contributed by atoms with Crippen LogP contribution in [0.4, 0.5) is 13.2 Å². The third-order valence-corrected chi connectivity index (χ3v) is 2.62. The molecule has 0 aliphatic heterocycles. The number of rotatable bonds is 3. The fraction of sp³-hybridized carbons (Fsp3) is 0.333. The number of halogens is 3. The molecule has 104 valence electrons. The van der Waals surface area contributed by atoms with Crippen molar-refractivity contribution >= 4 is 11.9 Å². The van der Waals surface area contributed by atoms with Crippen LogP contribution in [0.2, 0.25) is 0 Å². The number of benzene rings is 1. The zero-order valence-electron chi connectivity index (χ0n) is 10.2. The molecule has 1 aromatic rings. The van der Waals surface area contributed by atoms with Crippen LogP contribution >= 0.6 is 0 Å². The first-order valence-electron chi connectivity index (χ1n) is 5.27. The quantitative estimate of drug-likeness (QED) is 0.888. The van der Waals surface area contributed by atoms with Crippen LogP contribution in [0.25, 0.3) is 0 Å². The Bertz CT molecular complexity index is 513. The maximum Gasteiger partial charge on any atom is 0.416 e. The molecule has 1 atom stereocenters. The zero-order valence-corrected chi connectivity index (χ0v) is 10.2. The predicted molar refractivity (Wildman–Crippen MR) is 60.2 cm³/mol. The average Bonchev–Trinajstić information content (AvgIpc) is 2.26. The van der Waals surface area contributed by atoms with E-state index < -0.39 is 29.2 Å². The predicted octanol–water partition coefficient (Wildman–Crippen LogP) is 2.14. The molecular formula is C12H12F3NO3. The summed E-state index contributed by atoms with van der Waals surface area (Å²) < 4.78 is 37.8. The van der Waals surface area contributed by atoms with E-state index in [1.165, 1.54) is 6.07 Å². The third-order valence-electron chi connectivity index (χ3n) is 2.62. The summed E-state index contributed by atoms with van der Waals surface area (Å²) in [5.41, 5.74) is -3.03. The van der Waals surface area contributed by atoms with Crippen LogP contribution in [0, 0.1) is 0 Å². The summed E-state index contributed by atoms with van der Waals surface area (Å²) in [4.78, 5) is 22.2. The van der Waals surface area contributed by atoms with Crippen molar-refractivity contribution in [1.82, 2.24) is 5.32 Å². The lowest BCUT2D eigenvalue weighted by Gasteiger charge is -2.26. The summed E-state index contributed by atoms with van der Waals surface area (Å²) in [6.45, 7) is 2.22. The Kier molecular flexibility index (Phi) is 3.88. The minimum Gasteiger partial charge on any atom is -0.479 e. The van der Waals surface area contributed by atoms with Gasteiger partial charge in [-0.15, -0.1) is 0 Å². The summed E-state index contributed by atoms with van der Waals surface area (Å²) in [6.07, 6.45) is -4.58. The van der Waals surface area contributed by atoms with Crippen LogP contribution in [0.1, 0.15) is 25.0 Å². The van der Waals surface area contributed by atoms with Gasteiger partial charge in [0.15, 0.2) is 5.54 Å². The molecule has 1 rings (SSSR count). The monoisotopic (exact) mass is 275 g/mol. The highest BCUT2D eigenvalue weighted by Crippen LogP contribution is 2.32. The Morgan fingerprint density at radius 2 is 1.74 bits per heavy atom. The van der Waals surface area contributed by atoms with Crippen LogP contribution in [-0.2, 0) is 21.3 Å². The topological polar surface area (TPSA) is 66.4 Å². The lowest BCUT2D eigenvalue weighted by atomic mass is 9.90. The number of carbonyl (C=O) groups excluding carboxylic acids is 1. The van der Waals surface area contributed by atoms with E-state index in [9.17, 15) is 22.8 Å². The largest absolute Gasteiger partial charge is 0.479 e. The summed E-state index contributed by atoms with van der Waals surface area (Å²) in [7, 11) is 0. The molecule has 19 heavy (non-hydrogen) atoms. The average molecular weight is 275 g/mol. The molecule has 0 saturated carbocycles. The lowest BCUT2D eigenvalue weighted by molar-refractivity contribution is -0.147. The first kappa shape index (κ1) is 15.0. The highest BCUT2D eigenvalue weighted by molar-refractivity contribution is 5.86. The van der Waals surface area contributed by atoms with E-state index in [2.05, 4.69) is 5.32 Å². The van der Waals surface area contributed by atoms with Gasteiger partial charge in [0, 0.05) is 6.92 Å². The highest BCUT2D eigenvalue weighted by atomic mass is 19.4. The summed E-state index contributed by atoms with van der Waals surface area (Å²) in [5, 5.41) is 11.3. The van der Waals surface area contributed by atoms with Gasteiger partial charge in [-0.25, -0.2) is 4.79 Å². The number of carboxylic acid groups (broad SMARTS) is 1. The molecule has 0 aromatic heterocycles. The summed E-state index contributed by atoms with van der Waals surface area (Å²) >= 11 is 0. The summed E-state index contributed by atoms with van der Waals surface area (Å²) in [6, 6.07) is 3.87. The second-order valence-electron chi connectivity index (χ2n) is 4.19. The minimum absolute atomic E-state index is 0.148. The van der Waals surface area contributed by atoms with Gasteiger partial charge in [0.2, 0.25) is 5.91 Å². The van der Waals surface area contributed by atoms with E-state index >= 15 is 0 Å². The molecule has 4 nitrogen and oxygen atoms in total. The Hall–Kier alpha value is -2.05. The van der Waals surface area contributed by atoms with Gasteiger partial charge < -0.3 is 10.4 Å². The van der Waals surface area contributed by atoms with Crippen molar-refractivity contribution in [2.45, 2.75) is 25.6 Å². The van der Waals surface area contributed by atoms with E-state index in [1.54, 1.807) is 0 Å². The number of hydrogen-bond donors (Lipinski definition) is 2. The van der Waals surface area contributed by atoms with E-state index in [1.807, 2.05) is 0 Å². The van der Waals surface area contributed by atoms with Crippen molar-refractivity contribution in [3.63, 3.8) is 0 Å². The van der Waals surface area contributed by atoms with Gasteiger partial charge >= 0.3 is 12.1 Å². The van der Waals surface area contributed by atoms with Gasteiger partial charge in [0.25, 0.3) is 0 Å². The molecule has 0 spiro atoms. The van der Waals surface area contributed by atoms with Gasteiger partial charge in [-0.3, -0.25) is 4.79 Å². The van der Waals surface area contributed by atoms with E-state index in [0.29, 0.717) is 6.07 Å². The molecule has 0 radical (unpaired) electrons. The Balaban J connectivity index is 3.32. The van der Waals surface area contributed by atoms with Crippen molar-refractivity contribution in [1.29, 1.82) is 0 Å². The van der Waals surface area contributed by atoms with E-state index in [4.69, 9.17) is 5.11 Å². The number of carbonyl (C=O) groups is 2. The third kappa shape index (κ3) is 3.24. The number of hydrogen-bond acceptors (Lipinski definition) is 2. The molecule has 1 aromatic carbocycles. The standard InChI is InChI=1S/C12H12F3NO3/c1-7(17)16-11(2,10(18)19)8-4-3-5-9(6-8)12(13,14)15/h3-6H,1-2H3,(H,16,17)(H,18,19). The number of amides is 1. The number of nitrogens with one attached hydrogen (secondary N) is 1. The number of aliphatic carboxylic acids is 1. The fourth-order valence-electron chi connectivity index (χ4n) is 1.61. The minimum atomic E-state index is -4.58. The SMILES string of the molecule is CC(=O)NC(C)(C(=O)O)c1cccc(C(F)(F)F)c1. The van der Waals surface area contributed by atoms with Gasteiger partial charge in [0.1, 0.15) is 0 Å². The Labute approximate surface area is 107 Å². The van der Waals surface area contributed by atoms with Crippen molar-refractivity contribution in [3.05, 3.63) is 35.4 Å². The molecule has 0 heterocycles. The van der Waals surface area contributed by atoms with Gasteiger partial charge in [-0.05, 0) is 24.6 Å². The Morgan fingerprint density at radius 1 is 1.21 bits per heavy atom.